The molecular weight excluding hydrogens is 745 g/mol. The minimum atomic E-state index is -2.54. The van der Waals surface area contributed by atoms with Gasteiger partial charge < -0.3 is 48.2 Å². The standard InChI is InChI=1S/C40H58N2O11SSi/c1-10-54-39-32(42-25(3)44)35(48-26(4)45)33(29(50-39)22-46-21-27-17-13-11-14-18-27)52-38-31(41-24(2)43)36(53-55(8,9)40(5,6)7)34-30(49-38)23-47-37(51-34)28-19-15-12-16-20-28/h11-20,29-39H,10,21-23H2,1-9H3,(H,41,43)(H,42,44)/t29-,30-,31-,32-,33+,34+,35-,36-,37+,38+,39+/m1/s1. The Hall–Kier alpha value is -2.86. The molecule has 0 aromatic heterocycles. The first-order valence-corrected chi connectivity index (χ1v) is 22.9. The number of esters is 1. The summed E-state index contributed by atoms with van der Waals surface area (Å²) in [7, 11) is -2.54. The van der Waals surface area contributed by atoms with E-state index < -0.39 is 81.0 Å². The van der Waals surface area contributed by atoms with E-state index in [9.17, 15) is 14.4 Å². The van der Waals surface area contributed by atoms with Crippen molar-refractivity contribution in [1.29, 1.82) is 0 Å². The van der Waals surface area contributed by atoms with Crippen LogP contribution in [0.4, 0.5) is 0 Å². The van der Waals surface area contributed by atoms with Crippen LogP contribution < -0.4 is 10.6 Å². The van der Waals surface area contributed by atoms with Crippen LogP contribution in [-0.4, -0.2) is 106 Å². The van der Waals surface area contributed by atoms with E-state index in [0.29, 0.717) is 12.4 Å². The Balaban J connectivity index is 1.54. The monoisotopic (exact) mass is 802 g/mol. The molecule has 15 heteroatoms. The van der Waals surface area contributed by atoms with E-state index in [2.05, 4.69) is 44.5 Å². The van der Waals surface area contributed by atoms with Gasteiger partial charge in [-0.1, -0.05) is 88.4 Å². The van der Waals surface area contributed by atoms with Crippen LogP contribution >= 0.6 is 11.8 Å². The van der Waals surface area contributed by atoms with Gasteiger partial charge in [-0.25, -0.2) is 0 Å². The SMILES string of the molecule is CCS[C@@H]1O[C@H](COCc2ccccc2)[C@H](O[C@@H]2O[C@@H]3CO[C@H](c4ccccc4)O[C@@H]3[C@H](O[Si](C)(C)C(C)(C)C)[C@H]2NC(C)=O)[C@H](OC(C)=O)[C@H]1NC(C)=O. The number of carbonyl (C=O) groups excluding carboxylic acids is 3. The second-order valence-corrected chi connectivity index (χ2v) is 21.8. The van der Waals surface area contributed by atoms with E-state index in [1.54, 1.807) is 0 Å². The summed E-state index contributed by atoms with van der Waals surface area (Å²) in [5.41, 5.74) is 1.20. The molecule has 3 heterocycles. The Bertz CT molecular complexity index is 1570. The minimum Gasteiger partial charge on any atom is -0.457 e. The molecule has 304 valence electrons. The summed E-state index contributed by atoms with van der Waals surface area (Å²) in [6.07, 6.45) is -6.74. The van der Waals surface area contributed by atoms with Crippen molar-refractivity contribution in [3.05, 3.63) is 71.8 Å². The van der Waals surface area contributed by atoms with Crippen LogP contribution in [0.1, 0.15) is 65.9 Å². The van der Waals surface area contributed by atoms with Crippen molar-refractivity contribution < 1.29 is 52.0 Å². The van der Waals surface area contributed by atoms with Crippen molar-refractivity contribution in [2.24, 2.45) is 0 Å². The van der Waals surface area contributed by atoms with Crippen LogP contribution in [0.15, 0.2) is 60.7 Å². The number of amides is 2. The molecule has 3 fully saturated rings. The molecule has 3 saturated heterocycles. The molecule has 3 aliphatic rings. The molecule has 2 amide bonds. The number of fused-ring (bicyclic) bond motifs is 1. The van der Waals surface area contributed by atoms with Crippen LogP contribution in [0, 0.1) is 0 Å². The molecule has 3 aliphatic heterocycles. The fourth-order valence-electron chi connectivity index (χ4n) is 6.76. The second-order valence-electron chi connectivity index (χ2n) is 15.7. The van der Waals surface area contributed by atoms with Crippen LogP contribution in [0.25, 0.3) is 0 Å². The Morgan fingerprint density at radius 1 is 0.855 bits per heavy atom. The number of hydrogen-bond acceptors (Lipinski definition) is 12. The molecule has 0 unspecified atom stereocenters. The average Bonchev–Trinajstić information content (AvgIpc) is 3.12. The second kappa shape index (κ2) is 19.1. The summed E-state index contributed by atoms with van der Waals surface area (Å²) in [5, 5.41) is 5.83. The summed E-state index contributed by atoms with van der Waals surface area (Å²) < 4.78 is 52.6. The largest absolute Gasteiger partial charge is 0.457 e. The van der Waals surface area contributed by atoms with Gasteiger partial charge in [0.2, 0.25) is 11.8 Å². The van der Waals surface area contributed by atoms with Crippen LogP contribution in [-0.2, 0) is 58.6 Å². The van der Waals surface area contributed by atoms with Gasteiger partial charge >= 0.3 is 5.97 Å². The van der Waals surface area contributed by atoms with Crippen LogP contribution in [0.3, 0.4) is 0 Å². The fourth-order valence-corrected chi connectivity index (χ4v) is 9.06. The predicted octanol–water partition coefficient (Wildman–Crippen LogP) is 5.24. The molecule has 0 radical (unpaired) electrons. The van der Waals surface area contributed by atoms with Crippen molar-refractivity contribution in [1.82, 2.24) is 10.6 Å². The van der Waals surface area contributed by atoms with Gasteiger partial charge in [-0.2, -0.15) is 0 Å². The van der Waals surface area contributed by atoms with Crippen molar-refractivity contribution in [3.63, 3.8) is 0 Å². The fraction of sp³-hybridized carbons (Fsp3) is 0.625. The van der Waals surface area contributed by atoms with E-state index >= 15 is 0 Å². The molecule has 5 rings (SSSR count). The quantitative estimate of drug-likeness (QED) is 0.190. The zero-order chi connectivity index (χ0) is 39.9. The Labute approximate surface area is 330 Å². The molecule has 2 N–H and O–H groups in total. The van der Waals surface area contributed by atoms with Crippen LogP contribution in [0.5, 0.6) is 0 Å². The summed E-state index contributed by atoms with van der Waals surface area (Å²) in [5.74, 6) is -0.564. The highest BCUT2D eigenvalue weighted by molar-refractivity contribution is 7.99. The zero-order valence-electron chi connectivity index (χ0n) is 33.4. The highest BCUT2D eigenvalue weighted by Crippen LogP contribution is 2.43. The van der Waals surface area contributed by atoms with Crippen molar-refractivity contribution >= 4 is 37.9 Å². The number of benzene rings is 2. The number of hydrogen-bond donors (Lipinski definition) is 2. The zero-order valence-corrected chi connectivity index (χ0v) is 35.2. The first-order chi connectivity index (χ1) is 26.1. The summed E-state index contributed by atoms with van der Waals surface area (Å²) in [6.45, 7) is 17.3. The van der Waals surface area contributed by atoms with Gasteiger partial charge in [0.25, 0.3) is 0 Å². The maximum absolute atomic E-state index is 13.0. The van der Waals surface area contributed by atoms with E-state index in [1.807, 2.05) is 67.6 Å². The molecule has 0 aliphatic carbocycles. The smallest absolute Gasteiger partial charge is 0.303 e. The number of rotatable bonds is 14. The Morgan fingerprint density at radius 2 is 1.49 bits per heavy atom. The maximum Gasteiger partial charge on any atom is 0.303 e. The Morgan fingerprint density at radius 3 is 2.09 bits per heavy atom. The van der Waals surface area contributed by atoms with E-state index in [4.69, 9.17) is 37.6 Å². The highest BCUT2D eigenvalue weighted by atomic mass is 32.2. The summed E-state index contributed by atoms with van der Waals surface area (Å²) >= 11 is 1.47. The van der Waals surface area contributed by atoms with Gasteiger partial charge in [-0.3, -0.25) is 14.4 Å². The third kappa shape index (κ3) is 11.2. The Kier molecular flexibility index (Phi) is 15.0. The van der Waals surface area contributed by atoms with Gasteiger partial charge in [0.1, 0.15) is 41.9 Å². The lowest BCUT2D eigenvalue weighted by Gasteiger charge is -2.53. The first-order valence-electron chi connectivity index (χ1n) is 19.0. The van der Waals surface area contributed by atoms with Gasteiger partial charge in [0, 0.05) is 26.3 Å². The molecule has 13 nitrogen and oxygen atoms in total. The topological polar surface area (TPSA) is 149 Å². The third-order valence-electron chi connectivity index (χ3n) is 10.4. The summed E-state index contributed by atoms with van der Waals surface area (Å²) in [4.78, 5) is 38.5. The minimum absolute atomic E-state index is 0.0589. The number of nitrogens with one attached hydrogen (secondary N) is 2. The molecule has 0 bridgehead atoms. The van der Waals surface area contributed by atoms with Crippen LogP contribution in [0.2, 0.25) is 18.1 Å². The number of thioether (sulfide) groups is 1. The third-order valence-corrected chi connectivity index (χ3v) is 15.9. The van der Waals surface area contributed by atoms with Gasteiger partial charge in [-0.05, 0) is 29.4 Å². The molecule has 2 aromatic rings. The predicted molar refractivity (Wildman–Crippen MR) is 209 cm³/mol. The van der Waals surface area contributed by atoms with Crippen molar-refractivity contribution in [3.8, 4) is 0 Å². The maximum atomic E-state index is 13.0. The lowest BCUT2D eigenvalue weighted by atomic mass is 9.94. The van der Waals surface area contributed by atoms with Gasteiger partial charge in [0.15, 0.2) is 27.0 Å². The average molecular weight is 803 g/mol. The molecule has 0 saturated carbocycles. The van der Waals surface area contributed by atoms with E-state index in [-0.39, 0.29) is 30.1 Å². The van der Waals surface area contributed by atoms with E-state index in [1.165, 1.54) is 32.5 Å². The van der Waals surface area contributed by atoms with Gasteiger partial charge in [0.05, 0.1) is 25.9 Å². The lowest BCUT2D eigenvalue weighted by molar-refractivity contribution is -0.357. The van der Waals surface area contributed by atoms with Gasteiger partial charge in [-0.15, -0.1) is 11.8 Å². The number of ether oxygens (including phenoxy) is 7. The molecular formula is C40H58N2O11SSi. The lowest BCUT2D eigenvalue weighted by Crippen LogP contribution is -2.71. The molecule has 0 spiro atoms. The molecule has 55 heavy (non-hydrogen) atoms. The van der Waals surface area contributed by atoms with Crippen molar-refractivity contribution in [2.45, 2.75) is 140 Å². The number of carbonyl (C=O) groups is 3. The molecule has 2 aromatic carbocycles. The first kappa shape index (κ1) is 43.3. The summed E-state index contributed by atoms with van der Waals surface area (Å²) in [6, 6.07) is 17.7. The van der Waals surface area contributed by atoms with E-state index in [0.717, 1.165) is 11.1 Å². The van der Waals surface area contributed by atoms with Crippen molar-refractivity contribution in [2.75, 3.05) is 19.0 Å². The molecule has 11 atom stereocenters. The normalized spacial score (nSPS) is 31.2. The highest BCUT2D eigenvalue weighted by Gasteiger charge is 2.57.